The van der Waals surface area contributed by atoms with Crippen molar-refractivity contribution in [3.63, 3.8) is 0 Å². The van der Waals surface area contributed by atoms with Gasteiger partial charge < -0.3 is 19.8 Å². The van der Waals surface area contributed by atoms with E-state index in [2.05, 4.69) is 16.0 Å². The molecule has 2 aromatic carbocycles. The first-order chi connectivity index (χ1) is 17.4. The molecular weight excluding hydrogens is 515 g/mol. The van der Waals surface area contributed by atoms with Gasteiger partial charge in [-0.15, -0.1) is 11.8 Å². The summed E-state index contributed by atoms with van der Waals surface area (Å²) in [6, 6.07) is 13.6. The number of nitrogens with zero attached hydrogens (tertiary/aromatic N) is 2. The van der Waals surface area contributed by atoms with Crippen molar-refractivity contribution in [2.75, 3.05) is 39.1 Å². The number of aliphatic hydroxyl groups excluding tert-OH is 2. The number of halogens is 2. The highest BCUT2D eigenvalue weighted by atomic mass is 35.5. The number of ether oxygens (including phenoxy) is 1. The summed E-state index contributed by atoms with van der Waals surface area (Å²) in [5.41, 5.74) is 1.28. The Morgan fingerprint density at radius 2 is 1.92 bits per heavy atom. The fraction of sp³-hybridized carbons (Fsp3) is 0.464. The number of piperidine rings is 1. The Labute approximate surface area is 227 Å². The van der Waals surface area contributed by atoms with E-state index >= 15 is 0 Å². The highest BCUT2D eigenvalue weighted by Gasteiger charge is 2.34. The van der Waals surface area contributed by atoms with E-state index in [4.69, 9.17) is 27.9 Å². The molecule has 0 saturated carbocycles. The number of methoxy groups -OCH3 is 1. The minimum Gasteiger partial charge on any atom is -0.497 e. The third kappa shape index (κ3) is 6.66. The van der Waals surface area contributed by atoms with Gasteiger partial charge in [0.15, 0.2) is 0 Å². The van der Waals surface area contributed by atoms with Gasteiger partial charge in [-0.05, 0) is 93.2 Å². The average Bonchev–Trinajstić information content (AvgIpc) is 2.91. The summed E-state index contributed by atoms with van der Waals surface area (Å²) >= 11 is 14.5. The summed E-state index contributed by atoms with van der Waals surface area (Å²) in [6.45, 7) is 3.10. The van der Waals surface area contributed by atoms with E-state index in [0.29, 0.717) is 22.8 Å². The zero-order chi connectivity index (χ0) is 25.5. The molecule has 5 nitrogen and oxygen atoms in total. The van der Waals surface area contributed by atoms with Gasteiger partial charge in [0.1, 0.15) is 5.75 Å². The van der Waals surface area contributed by atoms with E-state index in [-0.39, 0.29) is 12.0 Å². The number of pyridine rings is 1. The molecule has 2 heterocycles. The lowest BCUT2D eigenvalue weighted by atomic mass is 9.74. The summed E-state index contributed by atoms with van der Waals surface area (Å²) in [6.07, 6.45) is 5.07. The number of benzene rings is 2. The standard InChI is InChI=1S/C28H34Cl2N2O3S/c1-35-20-7-8-24-21(17-20)27(23(30)18-31-24)25(34)9-10-28(19-33)11-14-32(15-12-28)13-4-16-36-26-6-3-2-5-22(26)29/h2-3,5-8,17-18,25,33-34H,4,9-16,19H2,1H3/t25-/m1/s1. The van der Waals surface area contributed by atoms with E-state index in [0.717, 1.165) is 71.9 Å². The van der Waals surface area contributed by atoms with Crippen LogP contribution in [0.3, 0.4) is 0 Å². The van der Waals surface area contributed by atoms with Gasteiger partial charge in [-0.25, -0.2) is 0 Å². The van der Waals surface area contributed by atoms with Crippen LogP contribution < -0.4 is 4.74 Å². The highest BCUT2D eigenvalue weighted by Crippen LogP contribution is 2.40. The molecule has 1 saturated heterocycles. The van der Waals surface area contributed by atoms with Crippen LogP contribution in [0.15, 0.2) is 53.6 Å². The molecule has 0 aliphatic carbocycles. The van der Waals surface area contributed by atoms with Crippen LogP contribution in [0.5, 0.6) is 5.75 Å². The Balaban J connectivity index is 1.30. The lowest BCUT2D eigenvalue weighted by molar-refractivity contribution is 0.0238. The van der Waals surface area contributed by atoms with Gasteiger partial charge >= 0.3 is 0 Å². The largest absolute Gasteiger partial charge is 0.497 e. The Hall–Kier alpha value is -1.54. The van der Waals surface area contributed by atoms with Gasteiger partial charge in [-0.3, -0.25) is 4.98 Å². The maximum atomic E-state index is 11.2. The molecule has 0 amide bonds. The molecule has 0 unspecified atom stereocenters. The normalized spacial score (nSPS) is 16.8. The molecule has 1 aliphatic heterocycles. The Morgan fingerprint density at radius 1 is 1.14 bits per heavy atom. The molecule has 1 aliphatic rings. The molecule has 8 heteroatoms. The first-order valence-electron chi connectivity index (χ1n) is 12.5. The molecule has 194 valence electrons. The fourth-order valence-corrected chi connectivity index (χ4v) is 6.44. The van der Waals surface area contributed by atoms with Crippen molar-refractivity contribution in [1.29, 1.82) is 0 Å². The van der Waals surface area contributed by atoms with Crippen molar-refractivity contribution in [3.8, 4) is 5.75 Å². The molecule has 2 N–H and O–H groups in total. The minimum absolute atomic E-state index is 0.133. The topological polar surface area (TPSA) is 65.8 Å². The predicted molar refractivity (Wildman–Crippen MR) is 149 cm³/mol. The second-order valence-corrected chi connectivity index (χ2v) is 11.5. The molecule has 0 radical (unpaired) electrons. The SMILES string of the molecule is COc1ccc2ncc(Cl)c([C@H](O)CCC3(CO)CCN(CCCSc4ccccc4Cl)CC3)c2c1. The van der Waals surface area contributed by atoms with Crippen LogP contribution in [-0.4, -0.2) is 59.2 Å². The van der Waals surface area contributed by atoms with Crippen LogP contribution in [0, 0.1) is 5.41 Å². The Morgan fingerprint density at radius 3 is 2.64 bits per heavy atom. The summed E-state index contributed by atoms with van der Waals surface area (Å²) in [7, 11) is 1.62. The Kier molecular flexibility index (Phi) is 9.78. The molecule has 1 atom stereocenters. The van der Waals surface area contributed by atoms with E-state index in [9.17, 15) is 10.2 Å². The van der Waals surface area contributed by atoms with E-state index in [1.165, 1.54) is 0 Å². The zero-order valence-corrected chi connectivity index (χ0v) is 23.0. The van der Waals surface area contributed by atoms with Crippen LogP contribution in [-0.2, 0) is 0 Å². The Bertz CT molecular complexity index is 1150. The molecule has 1 aromatic heterocycles. The van der Waals surface area contributed by atoms with E-state index in [1.54, 1.807) is 25.1 Å². The predicted octanol–water partition coefficient (Wildman–Crippen LogP) is 6.62. The molecule has 1 fully saturated rings. The third-order valence-corrected chi connectivity index (χ3v) is 9.22. The van der Waals surface area contributed by atoms with Gasteiger partial charge in [0.05, 0.1) is 28.8 Å². The van der Waals surface area contributed by atoms with Crippen molar-refractivity contribution in [1.82, 2.24) is 9.88 Å². The number of hydrogen-bond donors (Lipinski definition) is 2. The van der Waals surface area contributed by atoms with Crippen molar-refractivity contribution < 1.29 is 14.9 Å². The molecule has 36 heavy (non-hydrogen) atoms. The number of likely N-dealkylation sites (tertiary alicyclic amines) is 1. The molecule has 0 bridgehead atoms. The monoisotopic (exact) mass is 548 g/mol. The lowest BCUT2D eigenvalue weighted by Gasteiger charge is -2.41. The van der Waals surface area contributed by atoms with E-state index in [1.807, 2.05) is 36.4 Å². The number of thioether (sulfide) groups is 1. The highest BCUT2D eigenvalue weighted by molar-refractivity contribution is 7.99. The van der Waals surface area contributed by atoms with Gasteiger partial charge in [-0.2, -0.15) is 0 Å². The number of fused-ring (bicyclic) bond motifs is 1. The lowest BCUT2D eigenvalue weighted by Crippen LogP contribution is -2.42. The summed E-state index contributed by atoms with van der Waals surface area (Å²) < 4.78 is 5.36. The van der Waals surface area contributed by atoms with Crippen LogP contribution in [0.4, 0.5) is 0 Å². The van der Waals surface area contributed by atoms with Crippen molar-refractivity contribution in [2.24, 2.45) is 5.41 Å². The van der Waals surface area contributed by atoms with Crippen molar-refractivity contribution >= 4 is 45.9 Å². The van der Waals surface area contributed by atoms with Crippen LogP contribution in [0.1, 0.15) is 43.8 Å². The number of hydrogen-bond acceptors (Lipinski definition) is 6. The molecule has 0 spiro atoms. The second-order valence-electron chi connectivity index (χ2n) is 9.59. The summed E-state index contributed by atoms with van der Waals surface area (Å²) in [5.74, 6) is 1.73. The number of rotatable bonds is 11. The van der Waals surface area contributed by atoms with Gasteiger partial charge in [0, 0.05) is 28.6 Å². The summed E-state index contributed by atoms with van der Waals surface area (Å²) in [4.78, 5) is 8.01. The van der Waals surface area contributed by atoms with Crippen LogP contribution >= 0.6 is 35.0 Å². The van der Waals surface area contributed by atoms with Gasteiger partial charge in [0.25, 0.3) is 0 Å². The molecule has 4 rings (SSSR count). The number of aliphatic hydroxyl groups is 2. The smallest absolute Gasteiger partial charge is 0.119 e. The molecule has 3 aromatic rings. The minimum atomic E-state index is -0.738. The third-order valence-electron chi connectivity index (χ3n) is 7.31. The van der Waals surface area contributed by atoms with Crippen molar-refractivity contribution in [2.45, 2.75) is 43.1 Å². The van der Waals surface area contributed by atoms with Crippen LogP contribution in [0.2, 0.25) is 10.0 Å². The first kappa shape index (κ1) is 27.5. The maximum Gasteiger partial charge on any atom is 0.119 e. The van der Waals surface area contributed by atoms with Crippen LogP contribution in [0.25, 0.3) is 10.9 Å². The van der Waals surface area contributed by atoms with Gasteiger partial charge in [-0.1, -0.05) is 35.3 Å². The van der Waals surface area contributed by atoms with E-state index < -0.39 is 6.10 Å². The summed E-state index contributed by atoms with van der Waals surface area (Å²) in [5, 5.41) is 23.5. The number of aromatic nitrogens is 1. The zero-order valence-electron chi connectivity index (χ0n) is 20.6. The average molecular weight is 550 g/mol. The second kappa shape index (κ2) is 12.8. The first-order valence-corrected chi connectivity index (χ1v) is 14.2. The fourth-order valence-electron chi connectivity index (χ4n) is 4.99. The van der Waals surface area contributed by atoms with Gasteiger partial charge in [0.2, 0.25) is 0 Å². The quantitative estimate of drug-likeness (QED) is 0.207. The molecular formula is C28H34Cl2N2O3S. The maximum absolute atomic E-state index is 11.2. The van der Waals surface area contributed by atoms with Crippen molar-refractivity contribution in [3.05, 3.63) is 64.3 Å².